The molecule has 162 valence electrons. The van der Waals surface area contributed by atoms with Crippen molar-refractivity contribution < 1.29 is 45.8 Å². The Morgan fingerprint density at radius 3 is 1.97 bits per heavy atom. The van der Waals surface area contributed by atoms with Gasteiger partial charge >= 0.3 is 24.4 Å². The molecule has 1 atom stereocenters. The highest BCUT2D eigenvalue weighted by atomic mass is 19.4. The van der Waals surface area contributed by atoms with Crippen LogP contribution in [0.3, 0.4) is 0 Å². The summed E-state index contributed by atoms with van der Waals surface area (Å²) in [5, 5.41) is 14.1. The van der Waals surface area contributed by atoms with Crippen molar-refractivity contribution in [3.63, 3.8) is 0 Å². The average Bonchev–Trinajstić information content (AvgIpc) is 2.65. The molecule has 0 radical (unpaired) electrons. The molecule has 2 aromatic rings. The first-order valence-corrected chi connectivity index (χ1v) is 8.15. The van der Waals surface area contributed by atoms with E-state index in [1.807, 2.05) is 0 Å². The fourth-order valence-electron chi connectivity index (χ4n) is 2.21. The Balaban J connectivity index is 1.86. The van der Waals surface area contributed by atoms with Gasteiger partial charge in [0.25, 0.3) is 0 Å². The molecule has 0 saturated carbocycles. The molecule has 1 unspecified atom stereocenters. The molecule has 12 heteroatoms. The van der Waals surface area contributed by atoms with E-state index in [0.29, 0.717) is 0 Å². The second kappa shape index (κ2) is 9.03. The van der Waals surface area contributed by atoms with E-state index in [9.17, 15) is 41.0 Å². The maximum Gasteiger partial charge on any atom is 0.573 e. The van der Waals surface area contributed by atoms with E-state index in [0.717, 1.165) is 48.5 Å². The van der Waals surface area contributed by atoms with Crippen LogP contribution in [0, 0.1) is 0 Å². The zero-order chi connectivity index (χ0) is 22.5. The van der Waals surface area contributed by atoms with Gasteiger partial charge in [-0.3, -0.25) is 9.59 Å². The minimum Gasteiger partial charge on any atom is -0.406 e. The van der Waals surface area contributed by atoms with E-state index in [1.165, 1.54) is 0 Å². The minimum absolute atomic E-state index is 0.00737. The van der Waals surface area contributed by atoms with Gasteiger partial charge in [0.15, 0.2) is 0 Å². The van der Waals surface area contributed by atoms with Crippen LogP contribution in [-0.2, 0) is 15.8 Å². The van der Waals surface area contributed by atoms with Crippen LogP contribution in [-0.4, -0.2) is 29.8 Å². The molecule has 0 aliphatic carbocycles. The zero-order valence-corrected chi connectivity index (χ0v) is 14.8. The molecule has 2 aromatic carbocycles. The highest BCUT2D eigenvalue weighted by Crippen LogP contribution is 2.30. The van der Waals surface area contributed by atoms with Crippen molar-refractivity contribution in [1.82, 2.24) is 5.32 Å². The van der Waals surface area contributed by atoms with Crippen LogP contribution in [0.1, 0.15) is 17.2 Å². The Hall–Kier alpha value is -3.28. The number of ether oxygens (including phenoxy) is 1. The van der Waals surface area contributed by atoms with Crippen LogP contribution in [0.25, 0.3) is 0 Å². The van der Waals surface area contributed by atoms with E-state index in [1.54, 1.807) is 0 Å². The van der Waals surface area contributed by atoms with Gasteiger partial charge in [-0.1, -0.05) is 12.1 Å². The molecule has 0 saturated heterocycles. The summed E-state index contributed by atoms with van der Waals surface area (Å²) < 4.78 is 77.5. The van der Waals surface area contributed by atoms with Crippen LogP contribution in [0.4, 0.5) is 32.0 Å². The maximum atomic E-state index is 12.5. The Bertz CT molecular complexity index is 880. The maximum absolute atomic E-state index is 12.5. The Morgan fingerprint density at radius 1 is 0.900 bits per heavy atom. The third-order valence-corrected chi connectivity index (χ3v) is 3.63. The molecule has 30 heavy (non-hydrogen) atoms. The Morgan fingerprint density at radius 2 is 1.47 bits per heavy atom. The standard InChI is InChI=1S/C18H14F6N2O4/c19-17(20,21)11-3-1-10(2-4-11)14(27)9-25-15(28)16(29)26-12-5-7-13(8-6-12)30-18(22,23)24/h1-8,14,27H,9H2,(H,25,28)(H,26,29). The predicted octanol–water partition coefficient (Wildman–Crippen LogP) is 3.39. The number of aliphatic hydroxyl groups is 1. The summed E-state index contributed by atoms with van der Waals surface area (Å²) in [4.78, 5) is 23.6. The zero-order valence-electron chi connectivity index (χ0n) is 14.8. The van der Waals surface area contributed by atoms with Crippen LogP contribution < -0.4 is 15.4 Å². The van der Waals surface area contributed by atoms with Crippen molar-refractivity contribution in [3.8, 4) is 5.75 Å². The van der Waals surface area contributed by atoms with Gasteiger partial charge in [0.2, 0.25) is 0 Å². The SMILES string of the molecule is O=C(NCC(O)c1ccc(C(F)(F)F)cc1)C(=O)Nc1ccc(OC(F)(F)F)cc1. The number of carbonyl (C=O) groups excluding carboxylic acids is 2. The second-order valence-corrected chi connectivity index (χ2v) is 5.87. The number of hydrogen-bond donors (Lipinski definition) is 3. The second-order valence-electron chi connectivity index (χ2n) is 5.87. The number of halogens is 6. The topological polar surface area (TPSA) is 87.7 Å². The Kier molecular flexibility index (Phi) is 6.92. The van der Waals surface area contributed by atoms with Gasteiger partial charge in [0.1, 0.15) is 5.75 Å². The summed E-state index contributed by atoms with van der Waals surface area (Å²) in [5.74, 6) is -2.86. The fraction of sp³-hybridized carbons (Fsp3) is 0.222. The molecule has 0 spiro atoms. The summed E-state index contributed by atoms with van der Waals surface area (Å²) in [5.41, 5.74) is -0.814. The van der Waals surface area contributed by atoms with E-state index in [4.69, 9.17) is 0 Å². The summed E-state index contributed by atoms with van der Waals surface area (Å²) in [6, 6.07) is 7.59. The predicted molar refractivity (Wildman–Crippen MR) is 91.2 cm³/mol. The summed E-state index contributed by atoms with van der Waals surface area (Å²) in [6.07, 6.45) is -10.8. The molecule has 0 aliphatic heterocycles. The van der Waals surface area contributed by atoms with E-state index in [-0.39, 0.29) is 11.3 Å². The number of rotatable bonds is 5. The van der Waals surface area contributed by atoms with Gasteiger partial charge < -0.3 is 20.5 Å². The van der Waals surface area contributed by atoms with Gasteiger partial charge in [-0.15, -0.1) is 13.2 Å². The van der Waals surface area contributed by atoms with Crippen molar-refractivity contribution in [1.29, 1.82) is 0 Å². The largest absolute Gasteiger partial charge is 0.573 e. The average molecular weight is 436 g/mol. The number of aliphatic hydroxyl groups excluding tert-OH is 1. The van der Waals surface area contributed by atoms with Crippen molar-refractivity contribution in [2.75, 3.05) is 11.9 Å². The molecular formula is C18H14F6N2O4. The third-order valence-electron chi connectivity index (χ3n) is 3.63. The quantitative estimate of drug-likeness (QED) is 0.496. The van der Waals surface area contributed by atoms with Gasteiger partial charge in [-0.25, -0.2) is 0 Å². The number of anilines is 1. The van der Waals surface area contributed by atoms with Crippen LogP contribution in [0.5, 0.6) is 5.75 Å². The molecule has 0 aromatic heterocycles. The van der Waals surface area contributed by atoms with Gasteiger partial charge in [0, 0.05) is 12.2 Å². The first-order chi connectivity index (χ1) is 13.8. The first kappa shape index (κ1) is 23.0. The smallest absolute Gasteiger partial charge is 0.406 e. The Labute approximate surface area is 165 Å². The minimum atomic E-state index is -4.88. The van der Waals surface area contributed by atoms with E-state index < -0.39 is 48.3 Å². The molecule has 2 amide bonds. The monoisotopic (exact) mass is 436 g/mol. The lowest BCUT2D eigenvalue weighted by Gasteiger charge is -2.14. The molecule has 6 nitrogen and oxygen atoms in total. The molecule has 0 heterocycles. The lowest BCUT2D eigenvalue weighted by atomic mass is 10.1. The summed E-state index contributed by atoms with van der Waals surface area (Å²) in [7, 11) is 0. The molecule has 0 fully saturated rings. The molecule has 3 N–H and O–H groups in total. The third kappa shape index (κ3) is 6.95. The van der Waals surface area contributed by atoms with Gasteiger partial charge in [0.05, 0.1) is 11.7 Å². The molecule has 0 bridgehead atoms. The lowest BCUT2D eigenvalue weighted by molar-refractivity contribution is -0.274. The van der Waals surface area contributed by atoms with Crippen molar-refractivity contribution in [2.45, 2.75) is 18.6 Å². The summed E-state index contributed by atoms with van der Waals surface area (Å²) >= 11 is 0. The highest BCUT2D eigenvalue weighted by molar-refractivity contribution is 6.39. The lowest BCUT2D eigenvalue weighted by Crippen LogP contribution is -2.37. The van der Waals surface area contributed by atoms with Crippen LogP contribution >= 0.6 is 0 Å². The van der Waals surface area contributed by atoms with Gasteiger partial charge in [-0.2, -0.15) is 13.2 Å². The fourth-order valence-corrected chi connectivity index (χ4v) is 2.21. The van der Waals surface area contributed by atoms with Crippen LogP contribution in [0.15, 0.2) is 48.5 Å². The number of carbonyl (C=O) groups is 2. The number of benzene rings is 2. The number of amides is 2. The van der Waals surface area contributed by atoms with Crippen LogP contribution in [0.2, 0.25) is 0 Å². The van der Waals surface area contributed by atoms with Crippen molar-refractivity contribution in [3.05, 3.63) is 59.7 Å². The highest BCUT2D eigenvalue weighted by Gasteiger charge is 2.31. The number of alkyl halides is 6. The number of nitrogens with one attached hydrogen (secondary N) is 2. The van der Waals surface area contributed by atoms with E-state index >= 15 is 0 Å². The molecule has 2 rings (SSSR count). The van der Waals surface area contributed by atoms with Gasteiger partial charge in [-0.05, 0) is 42.0 Å². The number of hydrogen-bond acceptors (Lipinski definition) is 4. The van der Waals surface area contributed by atoms with E-state index in [2.05, 4.69) is 15.4 Å². The summed E-state index contributed by atoms with van der Waals surface area (Å²) in [6.45, 7) is -0.462. The van der Waals surface area contributed by atoms with Crippen molar-refractivity contribution in [2.24, 2.45) is 0 Å². The van der Waals surface area contributed by atoms with Crippen molar-refractivity contribution >= 4 is 17.5 Å². The normalized spacial score (nSPS) is 12.8. The first-order valence-electron chi connectivity index (χ1n) is 8.15. The molecule has 0 aliphatic rings. The molecular weight excluding hydrogens is 422 g/mol.